The molecule has 1 saturated carbocycles. The summed E-state index contributed by atoms with van der Waals surface area (Å²) in [6.45, 7) is 9.93. The molecule has 0 N–H and O–H groups in total. The lowest BCUT2D eigenvalue weighted by Crippen LogP contribution is -2.41. The quantitative estimate of drug-likeness (QED) is 0.696. The molecule has 21 heavy (non-hydrogen) atoms. The summed E-state index contributed by atoms with van der Waals surface area (Å²) in [5, 5.41) is 0. The number of hydrogen-bond acceptors (Lipinski definition) is 4. The van der Waals surface area contributed by atoms with Gasteiger partial charge in [-0.25, -0.2) is 0 Å². The van der Waals surface area contributed by atoms with E-state index in [1.165, 1.54) is 5.47 Å². The third kappa shape index (κ3) is 2.13. The fourth-order valence-corrected chi connectivity index (χ4v) is 4.13. The van der Waals surface area contributed by atoms with Gasteiger partial charge in [-0.2, -0.15) is 0 Å². The van der Waals surface area contributed by atoms with Crippen molar-refractivity contribution < 1.29 is 18.8 Å². The summed E-state index contributed by atoms with van der Waals surface area (Å²) in [5.74, 6) is 0.891. The topological polar surface area (TPSA) is 36.9 Å². The molecule has 2 aliphatic carbocycles. The summed E-state index contributed by atoms with van der Waals surface area (Å²) in [5.41, 5.74) is 0.806. The van der Waals surface area contributed by atoms with Gasteiger partial charge in [-0.3, -0.25) is 0 Å². The Morgan fingerprint density at radius 2 is 1.62 bits per heavy atom. The van der Waals surface area contributed by atoms with Gasteiger partial charge in [0.1, 0.15) is 0 Å². The molecule has 0 aromatic heterocycles. The minimum atomic E-state index is -0.284. The van der Waals surface area contributed by atoms with Crippen LogP contribution in [0.5, 0.6) is 0 Å². The average molecular weight is 292 g/mol. The molecule has 0 bridgehead atoms. The number of hydrogen-bond donors (Lipinski definition) is 0. The molecule has 0 unspecified atom stereocenters. The lowest BCUT2D eigenvalue weighted by Gasteiger charge is -2.32. The SMILES string of the molecule is CC1(C)OB(C2=C[C@@H]3CC4(C[C@@H]3C2)OCCO4)OC1(C)C. The van der Waals surface area contributed by atoms with E-state index in [1.54, 1.807) is 0 Å². The van der Waals surface area contributed by atoms with Gasteiger partial charge < -0.3 is 18.8 Å². The van der Waals surface area contributed by atoms with E-state index >= 15 is 0 Å². The molecule has 0 aromatic rings. The zero-order chi connectivity index (χ0) is 14.9. The van der Waals surface area contributed by atoms with Gasteiger partial charge in [0.2, 0.25) is 0 Å². The predicted molar refractivity (Wildman–Crippen MR) is 79.6 cm³/mol. The molecule has 2 aliphatic heterocycles. The van der Waals surface area contributed by atoms with Crippen LogP contribution in [0.15, 0.2) is 11.5 Å². The zero-order valence-corrected chi connectivity index (χ0v) is 13.5. The monoisotopic (exact) mass is 292 g/mol. The number of allylic oxidation sites excluding steroid dienone is 2. The highest BCUT2D eigenvalue weighted by atomic mass is 16.7. The molecule has 116 valence electrons. The van der Waals surface area contributed by atoms with Gasteiger partial charge >= 0.3 is 7.12 Å². The van der Waals surface area contributed by atoms with Crippen molar-refractivity contribution in [3.05, 3.63) is 11.5 Å². The molecular weight excluding hydrogens is 267 g/mol. The van der Waals surface area contributed by atoms with Crippen molar-refractivity contribution in [2.75, 3.05) is 13.2 Å². The van der Waals surface area contributed by atoms with Crippen molar-refractivity contribution in [3.63, 3.8) is 0 Å². The number of fused-ring (bicyclic) bond motifs is 1. The normalized spacial score (nSPS) is 39.0. The largest absolute Gasteiger partial charge is 0.490 e. The molecule has 2 saturated heterocycles. The summed E-state index contributed by atoms with van der Waals surface area (Å²) < 4.78 is 24.1. The van der Waals surface area contributed by atoms with Crippen molar-refractivity contribution in [3.8, 4) is 0 Å². The smallest absolute Gasteiger partial charge is 0.400 e. The van der Waals surface area contributed by atoms with Crippen LogP contribution in [0, 0.1) is 11.8 Å². The van der Waals surface area contributed by atoms with Crippen molar-refractivity contribution in [2.24, 2.45) is 11.8 Å². The van der Waals surface area contributed by atoms with Gasteiger partial charge in [-0.05, 0) is 51.4 Å². The van der Waals surface area contributed by atoms with E-state index in [2.05, 4.69) is 33.8 Å². The molecule has 4 aliphatic rings. The first-order chi connectivity index (χ1) is 9.80. The highest BCUT2D eigenvalue weighted by molar-refractivity contribution is 6.54. The van der Waals surface area contributed by atoms with Crippen LogP contribution in [-0.4, -0.2) is 37.3 Å². The van der Waals surface area contributed by atoms with Crippen LogP contribution in [0.4, 0.5) is 0 Å². The Bertz CT molecular complexity index is 463. The van der Waals surface area contributed by atoms with Crippen LogP contribution in [0.25, 0.3) is 0 Å². The summed E-state index contributed by atoms with van der Waals surface area (Å²) in [4.78, 5) is 0. The fraction of sp³-hybridized carbons (Fsp3) is 0.875. The van der Waals surface area contributed by atoms with E-state index in [4.69, 9.17) is 18.8 Å². The summed E-state index contributed by atoms with van der Waals surface area (Å²) in [6.07, 6.45) is 5.42. The maximum absolute atomic E-state index is 6.18. The van der Waals surface area contributed by atoms with Crippen molar-refractivity contribution in [1.29, 1.82) is 0 Å². The molecule has 2 atom stereocenters. The molecule has 0 aromatic carbocycles. The first-order valence-electron chi connectivity index (χ1n) is 8.14. The van der Waals surface area contributed by atoms with E-state index in [-0.39, 0.29) is 24.1 Å². The van der Waals surface area contributed by atoms with E-state index in [1.807, 2.05) is 0 Å². The molecule has 4 rings (SSSR count). The fourth-order valence-electron chi connectivity index (χ4n) is 4.13. The molecule has 4 nitrogen and oxygen atoms in total. The van der Waals surface area contributed by atoms with E-state index in [0.29, 0.717) is 11.8 Å². The predicted octanol–water partition coefficient (Wildman–Crippen LogP) is 2.72. The maximum Gasteiger partial charge on any atom is 0.490 e. The Balaban J connectivity index is 1.48. The van der Waals surface area contributed by atoms with Crippen LogP contribution in [0.3, 0.4) is 0 Å². The minimum Gasteiger partial charge on any atom is -0.400 e. The van der Waals surface area contributed by atoms with Crippen LogP contribution < -0.4 is 0 Å². The third-order valence-corrected chi connectivity index (χ3v) is 6.02. The second-order valence-electron chi connectivity index (χ2n) is 7.97. The Morgan fingerprint density at radius 1 is 1.00 bits per heavy atom. The molecular formula is C16H25BO4. The van der Waals surface area contributed by atoms with Gasteiger partial charge in [-0.15, -0.1) is 0 Å². The van der Waals surface area contributed by atoms with Gasteiger partial charge in [0, 0.05) is 12.8 Å². The first kappa shape index (κ1) is 14.3. The minimum absolute atomic E-state index is 0.179. The first-order valence-corrected chi connectivity index (χ1v) is 8.14. The number of rotatable bonds is 1. The lowest BCUT2D eigenvalue weighted by atomic mass is 9.76. The zero-order valence-electron chi connectivity index (χ0n) is 13.5. The Hall–Kier alpha value is -0.355. The molecule has 3 fully saturated rings. The Kier molecular flexibility index (Phi) is 2.95. The van der Waals surface area contributed by atoms with Gasteiger partial charge in [0.15, 0.2) is 5.79 Å². The van der Waals surface area contributed by atoms with E-state index in [9.17, 15) is 0 Å². The van der Waals surface area contributed by atoms with E-state index < -0.39 is 0 Å². The second kappa shape index (κ2) is 4.35. The molecule has 1 spiro atoms. The van der Waals surface area contributed by atoms with Crippen LogP contribution >= 0.6 is 0 Å². The standard InChI is InChI=1S/C16H25BO4/c1-14(2)15(3,4)21-17(20-14)13-7-11-9-16(10-12(11)8-13)18-5-6-19-16/h7,11-12H,5-6,8-10H2,1-4H3/t11-,12+/m1/s1. The lowest BCUT2D eigenvalue weighted by molar-refractivity contribution is -0.153. The van der Waals surface area contributed by atoms with Crippen molar-refractivity contribution in [1.82, 2.24) is 0 Å². The van der Waals surface area contributed by atoms with Crippen molar-refractivity contribution in [2.45, 2.75) is 63.9 Å². The third-order valence-electron chi connectivity index (χ3n) is 6.02. The molecule has 0 amide bonds. The van der Waals surface area contributed by atoms with Crippen LogP contribution in [0.1, 0.15) is 47.0 Å². The van der Waals surface area contributed by atoms with Crippen LogP contribution in [-0.2, 0) is 18.8 Å². The van der Waals surface area contributed by atoms with Gasteiger partial charge in [0.05, 0.1) is 24.4 Å². The second-order valence-corrected chi connectivity index (χ2v) is 7.97. The van der Waals surface area contributed by atoms with E-state index in [0.717, 1.165) is 32.5 Å². The van der Waals surface area contributed by atoms with Gasteiger partial charge in [0.25, 0.3) is 0 Å². The highest BCUT2D eigenvalue weighted by Crippen LogP contribution is 2.52. The number of ether oxygens (including phenoxy) is 2. The van der Waals surface area contributed by atoms with Crippen molar-refractivity contribution >= 4 is 7.12 Å². The van der Waals surface area contributed by atoms with Crippen LogP contribution in [0.2, 0.25) is 0 Å². The van der Waals surface area contributed by atoms with Gasteiger partial charge in [-0.1, -0.05) is 6.08 Å². The Morgan fingerprint density at radius 3 is 2.19 bits per heavy atom. The Labute approximate surface area is 127 Å². The average Bonchev–Trinajstić information content (AvgIpc) is 3.06. The molecule has 5 heteroatoms. The summed E-state index contributed by atoms with van der Waals surface area (Å²) in [6, 6.07) is 0. The maximum atomic E-state index is 6.18. The molecule has 2 heterocycles. The highest BCUT2D eigenvalue weighted by Gasteiger charge is 2.56. The molecule has 0 radical (unpaired) electrons. The summed E-state index contributed by atoms with van der Waals surface area (Å²) >= 11 is 0. The summed E-state index contributed by atoms with van der Waals surface area (Å²) in [7, 11) is -0.179.